The number of hydrogen-bond donors (Lipinski definition) is 2. The second kappa shape index (κ2) is 9.09. The molecule has 154 valence electrons. The normalized spacial score (nSPS) is 13.3. The maximum Gasteiger partial charge on any atom is 0.254 e. The lowest BCUT2D eigenvalue weighted by Crippen LogP contribution is -2.46. The molecule has 0 saturated heterocycles. The zero-order chi connectivity index (χ0) is 21.0. The lowest BCUT2D eigenvalue weighted by Gasteiger charge is -2.32. The van der Waals surface area contributed by atoms with Crippen LogP contribution < -0.4 is 10.6 Å². The van der Waals surface area contributed by atoms with Crippen LogP contribution in [0.4, 0.5) is 5.82 Å². The number of benzene rings is 1. The lowest BCUT2D eigenvalue weighted by molar-refractivity contribution is 0.0945. The monoisotopic (exact) mass is 478 g/mol. The van der Waals surface area contributed by atoms with Gasteiger partial charge in [-0.2, -0.15) is 5.10 Å². The molecule has 1 amide bonds. The van der Waals surface area contributed by atoms with Gasteiger partial charge in [0.05, 0.1) is 22.8 Å². The molecule has 0 bridgehead atoms. The SMILES string of the molecule is CCCC[C@](C)(CNC(=O)c1cnn(C)c1)Nc1nc(Cl)nc2cc(Br)ccc12. The fourth-order valence-corrected chi connectivity index (χ4v) is 3.66. The number of nitrogens with zero attached hydrogens (tertiary/aromatic N) is 4. The summed E-state index contributed by atoms with van der Waals surface area (Å²) >= 11 is 9.63. The Balaban J connectivity index is 1.84. The van der Waals surface area contributed by atoms with Crippen LogP contribution in [0.1, 0.15) is 43.5 Å². The van der Waals surface area contributed by atoms with Gasteiger partial charge in [-0.3, -0.25) is 9.48 Å². The minimum atomic E-state index is -0.411. The molecular formula is C20H24BrClN6O. The van der Waals surface area contributed by atoms with Gasteiger partial charge in [-0.1, -0.05) is 35.7 Å². The number of unbranched alkanes of at least 4 members (excludes halogenated alkanes) is 1. The van der Waals surface area contributed by atoms with E-state index in [1.165, 1.54) is 0 Å². The van der Waals surface area contributed by atoms with Crippen molar-refractivity contribution < 1.29 is 4.79 Å². The highest BCUT2D eigenvalue weighted by atomic mass is 79.9. The van der Waals surface area contributed by atoms with Gasteiger partial charge < -0.3 is 10.6 Å². The Bertz CT molecular complexity index is 1020. The predicted molar refractivity (Wildman–Crippen MR) is 119 cm³/mol. The molecule has 29 heavy (non-hydrogen) atoms. The lowest BCUT2D eigenvalue weighted by atomic mass is 9.94. The smallest absolute Gasteiger partial charge is 0.254 e. The summed E-state index contributed by atoms with van der Waals surface area (Å²) in [5.74, 6) is 0.499. The third-order valence-corrected chi connectivity index (χ3v) is 5.40. The van der Waals surface area contributed by atoms with Gasteiger partial charge >= 0.3 is 0 Å². The number of hydrogen-bond acceptors (Lipinski definition) is 5. The largest absolute Gasteiger partial charge is 0.362 e. The number of carbonyl (C=O) groups is 1. The van der Waals surface area contributed by atoms with E-state index in [-0.39, 0.29) is 11.2 Å². The van der Waals surface area contributed by atoms with E-state index in [0.717, 1.165) is 34.6 Å². The van der Waals surface area contributed by atoms with E-state index < -0.39 is 5.54 Å². The fraction of sp³-hybridized carbons (Fsp3) is 0.400. The van der Waals surface area contributed by atoms with Gasteiger partial charge in [-0.05, 0) is 43.1 Å². The van der Waals surface area contributed by atoms with Gasteiger partial charge in [0.25, 0.3) is 5.91 Å². The number of anilines is 1. The van der Waals surface area contributed by atoms with Crippen molar-refractivity contribution in [3.63, 3.8) is 0 Å². The Morgan fingerprint density at radius 2 is 2.14 bits per heavy atom. The van der Waals surface area contributed by atoms with E-state index in [0.29, 0.717) is 17.9 Å². The van der Waals surface area contributed by atoms with Crippen LogP contribution in [-0.2, 0) is 7.05 Å². The maximum absolute atomic E-state index is 12.5. The van der Waals surface area contributed by atoms with Crippen LogP contribution in [0, 0.1) is 0 Å². The Kier molecular flexibility index (Phi) is 6.74. The highest BCUT2D eigenvalue weighted by molar-refractivity contribution is 9.10. The summed E-state index contributed by atoms with van der Waals surface area (Å²) in [6, 6.07) is 5.80. The maximum atomic E-state index is 12.5. The minimum absolute atomic E-state index is 0.155. The Labute approximate surface area is 183 Å². The van der Waals surface area contributed by atoms with Crippen molar-refractivity contribution in [2.45, 2.75) is 38.6 Å². The summed E-state index contributed by atoms with van der Waals surface area (Å²) in [6.45, 7) is 4.65. The summed E-state index contributed by atoms with van der Waals surface area (Å²) in [4.78, 5) is 21.2. The van der Waals surface area contributed by atoms with E-state index >= 15 is 0 Å². The average Bonchev–Trinajstić information content (AvgIpc) is 3.10. The van der Waals surface area contributed by atoms with Crippen LogP contribution in [0.25, 0.3) is 10.9 Å². The summed E-state index contributed by atoms with van der Waals surface area (Å²) in [5, 5.41) is 11.6. The van der Waals surface area contributed by atoms with Gasteiger partial charge in [0.2, 0.25) is 5.28 Å². The standard InChI is InChI=1S/C20H24BrClN6O/c1-4-5-8-20(2,12-23-18(29)13-10-24-28(3)11-13)27-17-15-7-6-14(21)9-16(15)25-19(22)26-17/h6-7,9-11H,4-5,8,12H2,1-3H3,(H,23,29)(H,25,26,27)/t20-/m1/s1. The molecule has 0 aliphatic heterocycles. The molecule has 3 aromatic rings. The number of amides is 1. The molecule has 2 N–H and O–H groups in total. The average molecular weight is 480 g/mol. The first kappa shape index (κ1) is 21.5. The highest BCUT2D eigenvalue weighted by Crippen LogP contribution is 2.28. The van der Waals surface area contributed by atoms with Crippen molar-refractivity contribution in [2.24, 2.45) is 7.05 Å². The predicted octanol–water partition coefficient (Wildman–Crippen LogP) is 4.57. The van der Waals surface area contributed by atoms with Crippen molar-refractivity contribution in [1.29, 1.82) is 0 Å². The first-order valence-corrected chi connectivity index (χ1v) is 10.6. The molecular weight excluding hydrogens is 456 g/mol. The molecule has 0 fully saturated rings. The highest BCUT2D eigenvalue weighted by Gasteiger charge is 2.26. The molecule has 2 aromatic heterocycles. The molecule has 0 aliphatic carbocycles. The second-order valence-corrected chi connectivity index (χ2v) is 8.63. The van der Waals surface area contributed by atoms with Crippen molar-refractivity contribution in [1.82, 2.24) is 25.1 Å². The third kappa shape index (κ3) is 5.45. The third-order valence-electron chi connectivity index (χ3n) is 4.74. The molecule has 0 aliphatic rings. The summed E-state index contributed by atoms with van der Waals surface area (Å²) in [5.41, 5.74) is 0.871. The molecule has 0 radical (unpaired) electrons. The Morgan fingerprint density at radius 3 is 2.83 bits per heavy atom. The molecule has 0 saturated carbocycles. The Morgan fingerprint density at radius 1 is 1.34 bits per heavy atom. The number of carbonyl (C=O) groups excluding carboxylic acids is 1. The van der Waals surface area contributed by atoms with Crippen molar-refractivity contribution in [3.05, 3.63) is 45.9 Å². The van der Waals surface area contributed by atoms with E-state index in [1.54, 1.807) is 24.1 Å². The Hall–Kier alpha value is -2.19. The topological polar surface area (TPSA) is 84.7 Å². The first-order chi connectivity index (χ1) is 13.8. The van der Waals surface area contributed by atoms with Crippen LogP contribution in [0.5, 0.6) is 0 Å². The van der Waals surface area contributed by atoms with Crippen LogP contribution in [0.3, 0.4) is 0 Å². The first-order valence-electron chi connectivity index (χ1n) is 9.47. The van der Waals surface area contributed by atoms with Gasteiger partial charge in [0.1, 0.15) is 5.82 Å². The van der Waals surface area contributed by atoms with Gasteiger partial charge in [0.15, 0.2) is 0 Å². The van der Waals surface area contributed by atoms with E-state index in [2.05, 4.69) is 55.5 Å². The zero-order valence-corrected chi connectivity index (χ0v) is 19.0. The van der Waals surface area contributed by atoms with Gasteiger partial charge in [-0.25, -0.2) is 9.97 Å². The second-order valence-electron chi connectivity index (χ2n) is 7.38. The van der Waals surface area contributed by atoms with E-state index in [4.69, 9.17) is 11.6 Å². The van der Waals surface area contributed by atoms with Crippen molar-refractivity contribution in [2.75, 3.05) is 11.9 Å². The molecule has 2 heterocycles. The van der Waals surface area contributed by atoms with Crippen LogP contribution in [0.15, 0.2) is 35.1 Å². The molecule has 3 rings (SSSR count). The quantitative estimate of drug-likeness (QED) is 0.462. The number of nitrogens with one attached hydrogen (secondary N) is 2. The molecule has 0 unspecified atom stereocenters. The zero-order valence-electron chi connectivity index (χ0n) is 16.7. The summed E-state index contributed by atoms with van der Waals surface area (Å²) in [6.07, 6.45) is 6.17. The van der Waals surface area contributed by atoms with Crippen molar-refractivity contribution in [3.8, 4) is 0 Å². The number of fused-ring (bicyclic) bond motifs is 1. The van der Waals surface area contributed by atoms with Gasteiger partial charge in [-0.15, -0.1) is 0 Å². The summed E-state index contributed by atoms with van der Waals surface area (Å²) in [7, 11) is 1.78. The minimum Gasteiger partial charge on any atom is -0.362 e. The molecule has 7 nitrogen and oxygen atoms in total. The van der Waals surface area contributed by atoms with E-state index in [1.807, 2.05) is 18.2 Å². The molecule has 1 aromatic carbocycles. The number of aromatic nitrogens is 4. The van der Waals surface area contributed by atoms with Crippen LogP contribution in [0.2, 0.25) is 5.28 Å². The molecule has 0 spiro atoms. The summed E-state index contributed by atoms with van der Waals surface area (Å²) < 4.78 is 2.53. The molecule has 9 heteroatoms. The number of rotatable bonds is 8. The van der Waals surface area contributed by atoms with Gasteiger partial charge in [0, 0.05) is 29.6 Å². The fourth-order valence-electron chi connectivity index (χ4n) is 3.13. The van der Waals surface area contributed by atoms with Crippen molar-refractivity contribution >= 4 is 50.2 Å². The van der Waals surface area contributed by atoms with Crippen LogP contribution >= 0.6 is 27.5 Å². The number of halogens is 2. The molecule has 1 atom stereocenters. The van der Waals surface area contributed by atoms with E-state index in [9.17, 15) is 4.79 Å². The number of aryl methyl sites for hydroxylation is 1. The van der Waals surface area contributed by atoms with Crippen LogP contribution in [-0.4, -0.2) is 37.7 Å².